The van der Waals surface area contributed by atoms with E-state index in [0.717, 1.165) is 32.5 Å². The smallest absolute Gasteiger partial charge is 0.168 e. The minimum absolute atomic E-state index is 0.125. The second-order valence-electron chi connectivity index (χ2n) is 7.41. The molecular formula is C15H24O3. The molecule has 18 heavy (non-hydrogen) atoms. The first kappa shape index (κ1) is 12.6. The molecule has 3 nitrogen and oxygen atoms in total. The Morgan fingerprint density at radius 3 is 2.44 bits per heavy atom. The molecule has 2 saturated carbocycles. The molecule has 0 aromatic carbocycles. The van der Waals surface area contributed by atoms with Gasteiger partial charge in [-0.25, -0.2) is 0 Å². The number of hydrogen-bond donors (Lipinski definition) is 0. The third-order valence-electron chi connectivity index (χ3n) is 5.16. The number of hydrogen-bond acceptors (Lipinski definition) is 3. The quantitative estimate of drug-likeness (QED) is 0.673. The second kappa shape index (κ2) is 4.04. The second-order valence-corrected chi connectivity index (χ2v) is 7.41. The summed E-state index contributed by atoms with van der Waals surface area (Å²) in [6.07, 6.45) is 4.23. The molecule has 3 fully saturated rings. The van der Waals surface area contributed by atoms with E-state index < -0.39 is 0 Å². The first-order chi connectivity index (χ1) is 8.45. The van der Waals surface area contributed by atoms with Gasteiger partial charge in [-0.2, -0.15) is 0 Å². The van der Waals surface area contributed by atoms with Crippen molar-refractivity contribution in [3.8, 4) is 0 Å². The number of carbonyl (C=O) groups is 1. The SMILES string of the molecule is C[C@@H]1C[C@@H]2CC3(C[C@@H]2[C@H]1C=O)OCC(C)(C)CO3. The van der Waals surface area contributed by atoms with Crippen LogP contribution in [0, 0.1) is 29.1 Å². The third kappa shape index (κ3) is 1.92. The maximum Gasteiger partial charge on any atom is 0.168 e. The normalized spacial score (nSPS) is 45.1. The molecule has 102 valence electrons. The zero-order chi connectivity index (χ0) is 13.0. The van der Waals surface area contributed by atoms with Crippen molar-refractivity contribution in [1.82, 2.24) is 0 Å². The largest absolute Gasteiger partial charge is 0.349 e. The van der Waals surface area contributed by atoms with Crippen molar-refractivity contribution in [3.05, 3.63) is 0 Å². The Hall–Kier alpha value is -0.410. The Labute approximate surface area is 109 Å². The molecule has 3 rings (SSSR count). The molecular weight excluding hydrogens is 228 g/mol. The summed E-state index contributed by atoms with van der Waals surface area (Å²) in [6.45, 7) is 8.09. The lowest BCUT2D eigenvalue weighted by atomic mass is 9.89. The van der Waals surface area contributed by atoms with Gasteiger partial charge in [0.25, 0.3) is 0 Å². The predicted molar refractivity (Wildman–Crippen MR) is 68.0 cm³/mol. The molecule has 0 bridgehead atoms. The van der Waals surface area contributed by atoms with Crippen LogP contribution in [0.2, 0.25) is 0 Å². The van der Waals surface area contributed by atoms with Gasteiger partial charge in [0.05, 0.1) is 13.2 Å². The molecule has 2 aliphatic carbocycles. The summed E-state index contributed by atoms with van der Waals surface area (Å²) in [5, 5.41) is 0. The molecule has 4 atom stereocenters. The molecule has 3 aliphatic rings. The van der Waals surface area contributed by atoms with E-state index in [0.29, 0.717) is 17.8 Å². The third-order valence-corrected chi connectivity index (χ3v) is 5.16. The van der Waals surface area contributed by atoms with E-state index >= 15 is 0 Å². The Bertz CT molecular complexity index is 340. The van der Waals surface area contributed by atoms with E-state index in [9.17, 15) is 4.79 Å². The van der Waals surface area contributed by atoms with Gasteiger partial charge in [-0.1, -0.05) is 20.8 Å². The molecule has 0 N–H and O–H groups in total. The molecule has 1 spiro atoms. The van der Waals surface area contributed by atoms with Gasteiger partial charge in [-0.3, -0.25) is 0 Å². The van der Waals surface area contributed by atoms with Crippen LogP contribution < -0.4 is 0 Å². The van der Waals surface area contributed by atoms with Crippen molar-refractivity contribution in [2.24, 2.45) is 29.1 Å². The summed E-state index contributed by atoms with van der Waals surface area (Å²) in [5.74, 6) is 1.49. The molecule has 1 aliphatic heterocycles. The van der Waals surface area contributed by atoms with Gasteiger partial charge in [0.15, 0.2) is 5.79 Å². The Kier molecular flexibility index (Phi) is 2.83. The summed E-state index contributed by atoms with van der Waals surface area (Å²) in [6, 6.07) is 0. The van der Waals surface area contributed by atoms with E-state index in [1.54, 1.807) is 0 Å². The minimum atomic E-state index is -0.369. The summed E-state index contributed by atoms with van der Waals surface area (Å²) in [4.78, 5) is 11.3. The maximum atomic E-state index is 11.3. The molecule has 1 saturated heterocycles. The van der Waals surface area contributed by atoms with Crippen molar-refractivity contribution in [3.63, 3.8) is 0 Å². The lowest BCUT2D eigenvalue weighted by molar-refractivity contribution is -0.298. The number of rotatable bonds is 1. The van der Waals surface area contributed by atoms with E-state index in [1.807, 2.05) is 0 Å². The molecule has 0 radical (unpaired) electrons. The van der Waals surface area contributed by atoms with Crippen molar-refractivity contribution in [1.29, 1.82) is 0 Å². The van der Waals surface area contributed by atoms with Crippen molar-refractivity contribution in [2.45, 2.75) is 45.8 Å². The van der Waals surface area contributed by atoms with Crippen molar-refractivity contribution >= 4 is 6.29 Å². The first-order valence-corrected chi connectivity index (χ1v) is 7.18. The zero-order valence-corrected chi connectivity index (χ0v) is 11.6. The fraction of sp³-hybridized carbons (Fsp3) is 0.933. The zero-order valence-electron chi connectivity index (χ0n) is 11.6. The van der Waals surface area contributed by atoms with Crippen LogP contribution in [0.15, 0.2) is 0 Å². The fourth-order valence-electron chi connectivity index (χ4n) is 4.13. The number of ether oxygens (including phenoxy) is 2. The molecule has 1 heterocycles. The standard InChI is InChI=1S/C15H24O3/c1-10-4-11-5-15(6-12(11)13(10)7-16)17-8-14(2,3)9-18-15/h7,10-13H,4-6,8-9H2,1-3H3/t10-,11-,12+,13+/m1/s1. The van der Waals surface area contributed by atoms with Gasteiger partial charge in [0.1, 0.15) is 6.29 Å². The van der Waals surface area contributed by atoms with Gasteiger partial charge in [-0.15, -0.1) is 0 Å². The molecule has 3 heteroatoms. The van der Waals surface area contributed by atoms with Crippen LogP contribution in [-0.4, -0.2) is 25.3 Å². The van der Waals surface area contributed by atoms with Gasteiger partial charge in [0, 0.05) is 24.2 Å². The van der Waals surface area contributed by atoms with Crippen LogP contribution in [-0.2, 0) is 14.3 Å². The number of aldehydes is 1. The molecule has 0 unspecified atom stereocenters. The average Bonchev–Trinajstić information content (AvgIpc) is 2.77. The number of carbonyl (C=O) groups excluding carboxylic acids is 1. The Morgan fingerprint density at radius 1 is 1.17 bits per heavy atom. The Balaban J connectivity index is 1.71. The monoisotopic (exact) mass is 252 g/mol. The highest BCUT2D eigenvalue weighted by molar-refractivity contribution is 5.55. The lowest BCUT2D eigenvalue weighted by Crippen LogP contribution is -2.46. The lowest BCUT2D eigenvalue weighted by Gasteiger charge is -2.42. The van der Waals surface area contributed by atoms with Crippen molar-refractivity contribution in [2.75, 3.05) is 13.2 Å². The minimum Gasteiger partial charge on any atom is -0.349 e. The highest BCUT2D eigenvalue weighted by Gasteiger charge is 2.56. The number of fused-ring (bicyclic) bond motifs is 1. The van der Waals surface area contributed by atoms with Gasteiger partial charge >= 0.3 is 0 Å². The summed E-state index contributed by atoms with van der Waals surface area (Å²) < 4.78 is 12.1. The Morgan fingerprint density at radius 2 is 1.83 bits per heavy atom. The highest BCUT2D eigenvalue weighted by Crippen LogP contribution is 2.56. The van der Waals surface area contributed by atoms with Gasteiger partial charge in [0.2, 0.25) is 0 Å². The van der Waals surface area contributed by atoms with Crippen LogP contribution >= 0.6 is 0 Å². The van der Waals surface area contributed by atoms with Crippen LogP contribution in [0.5, 0.6) is 0 Å². The summed E-state index contributed by atoms with van der Waals surface area (Å²) in [5.41, 5.74) is 0.125. The van der Waals surface area contributed by atoms with Crippen LogP contribution in [0.25, 0.3) is 0 Å². The summed E-state index contributed by atoms with van der Waals surface area (Å²) in [7, 11) is 0. The highest BCUT2D eigenvalue weighted by atomic mass is 16.7. The predicted octanol–water partition coefficient (Wildman–Crippen LogP) is 2.64. The topological polar surface area (TPSA) is 35.5 Å². The van der Waals surface area contributed by atoms with E-state index in [-0.39, 0.29) is 17.1 Å². The van der Waals surface area contributed by atoms with Gasteiger partial charge < -0.3 is 14.3 Å². The average molecular weight is 252 g/mol. The maximum absolute atomic E-state index is 11.3. The summed E-state index contributed by atoms with van der Waals surface area (Å²) >= 11 is 0. The van der Waals surface area contributed by atoms with E-state index in [1.165, 1.54) is 6.29 Å². The first-order valence-electron chi connectivity index (χ1n) is 7.18. The molecule has 0 amide bonds. The molecule has 0 aromatic heterocycles. The van der Waals surface area contributed by atoms with E-state index in [4.69, 9.17) is 9.47 Å². The van der Waals surface area contributed by atoms with Gasteiger partial charge in [-0.05, 0) is 24.2 Å². The fourth-order valence-corrected chi connectivity index (χ4v) is 4.13. The molecule has 0 aromatic rings. The van der Waals surface area contributed by atoms with Crippen LogP contribution in [0.3, 0.4) is 0 Å². The van der Waals surface area contributed by atoms with Crippen molar-refractivity contribution < 1.29 is 14.3 Å². The van der Waals surface area contributed by atoms with E-state index in [2.05, 4.69) is 20.8 Å². The van der Waals surface area contributed by atoms with Crippen LogP contribution in [0.1, 0.15) is 40.0 Å². The van der Waals surface area contributed by atoms with Crippen LogP contribution in [0.4, 0.5) is 0 Å².